The second-order valence-electron chi connectivity index (χ2n) is 10.0. The first-order valence-electron chi connectivity index (χ1n) is 13.0. The number of carbonyl (C=O) groups is 3. The van der Waals surface area contributed by atoms with Crippen LogP contribution in [0.1, 0.15) is 37.9 Å². The first-order valence-corrected chi connectivity index (χ1v) is 13.0. The lowest BCUT2D eigenvalue weighted by molar-refractivity contribution is -0.187. The molecule has 0 radical (unpaired) electrons. The number of hydrogen-bond acceptors (Lipinski definition) is 4. The highest BCUT2D eigenvalue weighted by atomic mass is 19.1. The fourth-order valence-electron chi connectivity index (χ4n) is 4.82. The summed E-state index contributed by atoms with van der Waals surface area (Å²) in [5.41, 5.74) is 3.58. The Labute approximate surface area is 235 Å². The number of piperazine rings is 1. The Morgan fingerprint density at radius 3 is 2.30 bits per heavy atom. The topological polar surface area (TPSA) is 76.2 Å². The van der Waals surface area contributed by atoms with Crippen molar-refractivity contribution in [2.75, 3.05) is 26.7 Å². The quantitative estimate of drug-likeness (QED) is 0.438. The summed E-state index contributed by atoms with van der Waals surface area (Å²) >= 11 is 0. The predicted molar refractivity (Wildman–Crippen MR) is 153 cm³/mol. The molecule has 4 amide bonds. The fraction of sp³-hybridized carbons (Fsp3) is 0.323. The number of carbonyl (C=O) groups excluding carboxylic acids is 3. The van der Waals surface area contributed by atoms with Crippen LogP contribution in [0.4, 0.5) is 9.18 Å². The lowest BCUT2D eigenvalue weighted by Gasteiger charge is -2.54. The highest BCUT2D eigenvalue weighted by Crippen LogP contribution is 2.34. The van der Waals surface area contributed by atoms with Crippen molar-refractivity contribution < 1.29 is 18.8 Å². The molecule has 0 saturated carbocycles. The summed E-state index contributed by atoms with van der Waals surface area (Å²) in [6.45, 7) is 6.66. The van der Waals surface area contributed by atoms with Gasteiger partial charge in [-0.05, 0) is 44.0 Å². The van der Waals surface area contributed by atoms with Gasteiger partial charge >= 0.3 is 6.03 Å². The van der Waals surface area contributed by atoms with Gasteiger partial charge in [-0.3, -0.25) is 9.59 Å². The number of terminal acetylenes is 1. The minimum Gasteiger partial charge on any atom is -0.333 e. The normalized spacial score (nSPS) is 19.4. The van der Waals surface area contributed by atoms with E-state index in [0.29, 0.717) is 12.1 Å². The second-order valence-corrected chi connectivity index (χ2v) is 10.0. The Kier molecular flexibility index (Phi) is 10.2. The van der Waals surface area contributed by atoms with Gasteiger partial charge in [0.15, 0.2) is 0 Å². The number of amides is 4. The molecule has 1 unspecified atom stereocenters. The maximum absolute atomic E-state index is 13.8. The molecule has 2 aromatic rings. The monoisotopic (exact) mass is 545 g/mol. The minimum atomic E-state index is -0.847. The number of fused-ring (bicyclic) bond motifs is 1. The average molecular weight is 546 g/mol. The summed E-state index contributed by atoms with van der Waals surface area (Å²) in [6, 6.07) is 13.9. The fourth-order valence-corrected chi connectivity index (χ4v) is 4.82. The number of rotatable bonds is 6. The SMILES string of the molecule is C#C.CC(C)=C/C=C(\C)CN1CC2N(C(=O)CN(C)N2C(=O)NCc2ccc(F)cc2)[C@@H](c2ccccc2)C1=O. The Morgan fingerprint density at radius 1 is 1.02 bits per heavy atom. The summed E-state index contributed by atoms with van der Waals surface area (Å²) in [7, 11) is 1.69. The molecule has 2 aliphatic rings. The molecule has 2 aliphatic heterocycles. The molecule has 0 aliphatic carbocycles. The summed E-state index contributed by atoms with van der Waals surface area (Å²) in [5, 5.41) is 5.98. The van der Waals surface area contributed by atoms with Crippen LogP contribution in [0.3, 0.4) is 0 Å². The largest absolute Gasteiger partial charge is 0.334 e. The molecule has 8 nitrogen and oxygen atoms in total. The van der Waals surface area contributed by atoms with Crippen molar-refractivity contribution >= 4 is 17.8 Å². The van der Waals surface area contributed by atoms with Crippen molar-refractivity contribution in [2.24, 2.45) is 0 Å². The number of nitrogens with one attached hydrogen (secondary N) is 1. The highest BCUT2D eigenvalue weighted by Gasteiger charge is 2.51. The van der Waals surface area contributed by atoms with Crippen LogP contribution in [-0.2, 0) is 16.1 Å². The van der Waals surface area contributed by atoms with Crippen LogP contribution in [0.5, 0.6) is 0 Å². The van der Waals surface area contributed by atoms with Gasteiger partial charge in [0.25, 0.3) is 5.91 Å². The molecular formula is C31H36FN5O3. The van der Waals surface area contributed by atoms with E-state index >= 15 is 0 Å². The van der Waals surface area contributed by atoms with E-state index in [1.165, 1.54) is 17.1 Å². The van der Waals surface area contributed by atoms with Gasteiger partial charge in [0.1, 0.15) is 18.0 Å². The first kappa shape index (κ1) is 30.1. The van der Waals surface area contributed by atoms with Gasteiger partial charge in [-0.1, -0.05) is 65.8 Å². The number of hydrogen-bond donors (Lipinski definition) is 1. The first-order chi connectivity index (χ1) is 19.2. The predicted octanol–water partition coefficient (Wildman–Crippen LogP) is 4.10. The van der Waals surface area contributed by atoms with Gasteiger partial charge in [0, 0.05) is 20.1 Å². The summed E-state index contributed by atoms with van der Waals surface area (Å²) in [6.07, 6.45) is 11.3. The van der Waals surface area contributed by atoms with Gasteiger partial charge in [-0.15, -0.1) is 12.8 Å². The lowest BCUT2D eigenvalue weighted by atomic mass is 9.98. The molecule has 2 atom stereocenters. The average Bonchev–Trinajstić information content (AvgIpc) is 2.94. The van der Waals surface area contributed by atoms with Crippen LogP contribution < -0.4 is 5.32 Å². The maximum atomic E-state index is 13.8. The standard InChI is InChI=1S/C29H34FN5O3.C2H2/c1-20(2)10-11-21(3)17-33-18-25-34(27(28(33)37)23-8-6-5-7-9-23)26(36)19-32(4)35(25)29(38)31-16-22-12-14-24(30)15-13-22;1-2/h5-15,25,27H,16-19H2,1-4H3,(H,31,38);1-2H/b21-11+;/t25?,27-;/m0./s1. The van der Waals surface area contributed by atoms with E-state index in [9.17, 15) is 18.8 Å². The molecule has 2 saturated heterocycles. The molecule has 9 heteroatoms. The van der Waals surface area contributed by atoms with Crippen molar-refractivity contribution in [3.63, 3.8) is 0 Å². The van der Waals surface area contributed by atoms with E-state index in [1.54, 1.807) is 34.0 Å². The number of likely N-dealkylation sites (N-methyl/N-ethyl adjacent to an activating group) is 1. The van der Waals surface area contributed by atoms with Gasteiger partial charge in [-0.2, -0.15) is 0 Å². The van der Waals surface area contributed by atoms with E-state index in [2.05, 4.69) is 18.2 Å². The maximum Gasteiger partial charge on any atom is 0.334 e. The minimum absolute atomic E-state index is 0.0451. The van der Waals surface area contributed by atoms with Gasteiger partial charge < -0.3 is 15.1 Å². The molecule has 210 valence electrons. The smallest absolute Gasteiger partial charge is 0.333 e. The van der Waals surface area contributed by atoms with Crippen molar-refractivity contribution in [3.8, 4) is 12.8 Å². The number of allylic oxidation sites excluding steroid dienone is 3. The number of urea groups is 1. The zero-order valence-corrected chi connectivity index (χ0v) is 23.4. The highest BCUT2D eigenvalue weighted by molar-refractivity contribution is 5.92. The van der Waals surface area contributed by atoms with Crippen molar-refractivity contribution in [2.45, 2.75) is 39.5 Å². The number of hydrazine groups is 1. The van der Waals surface area contributed by atoms with Crippen molar-refractivity contribution in [1.29, 1.82) is 0 Å². The summed E-state index contributed by atoms with van der Waals surface area (Å²) in [4.78, 5) is 43.9. The zero-order chi connectivity index (χ0) is 29.4. The van der Waals surface area contributed by atoms with E-state index in [4.69, 9.17) is 0 Å². The van der Waals surface area contributed by atoms with E-state index < -0.39 is 18.2 Å². The van der Waals surface area contributed by atoms with Gasteiger partial charge in [-0.25, -0.2) is 19.2 Å². The summed E-state index contributed by atoms with van der Waals surface area (Å²) < 4.78 is 13.3. The lowest BCUT2D eigenvalue weighted by Crippen LogP contribution is -2.73. The third-order valence-corrected chi connectivity index (χ3v) is 6.65. The number of benzene rings is 2. The third-order valence-electron chi connectivity index (χ3n) is 6.65. The van der Waals surface area contributed by atoms with Crippen LogP contribution in [0.25, 0.3) is 0 Å². The molecule has 2 aromatic carbocycles. The number of nitrogens with zero attached hydrogens (tertiary/aromatic N) is 4. The van der Waals surface area contributed by atoms with Crippen molar-refractivity contribution in [3.05, 3.63) is 94.8 Å². The van der Waals surface area contributed by atoms with Crippen LogP contribution in [0.15, 0.2) is 77.9 Å². The van der Waals surface area contributed by atoms with Gasteiger partial charge in [0.2, 0.25) is 5.91 Å². The Bertz CT molecular complexity index is 1290. The molecule has 2 heterocycles. The zero-order valence-electron chi connectivity index (χ0n) is 23.4. The Morgan fingerprint density at radius 2 is 1.68 bits per heavy atom. The molecule has 0 bridgehead atoms. The number of halogens is 1. The summed E-state index contributed by atoms with van der Waals surface area (Å²) in [5.74, 6) is -0.751. The van der Waals surface area contributed by atoms with Crippen LogP contribution >= 0.6 is 0 Å². The molecule has 0 aromatic heterocycles. The Hall–Kier alpha value is -4.42. The van der Waals surface area contributed by atoms with Gasteiger partial charge in [0.05, 0.1) is 13.1 Å². The van der Waals surface area contributed by atoms with Crippen LogP contribution in [-0.4, -0.2) is 70.5 Å². The molecule has 40 heavy (non-hydrogen) atoms. The molecule has 4 rings (SSSR count). The van der Waals surface area contributed by atoms with Crippen molar-refractivity contribution in [1.82, 2.24) is 25.1 Å². The molecule has 1 N–H and O–H groups in total. The van der Waals surface area contributed by atoms with Crippen LogP contribution in [0.2, 0.25) is 0 Å². The molecule has 0 spiro atoms. The molecule has 2 fully saturated rings. The van der Waals surface area contributed by atoms with E-state index in [1.807, 2.05) is 63.3 Å². The third kappa shape index (κ3) is 6.96. The van der Waals surface area contributed by atoms with E-state index in [-0.39, 0.29) is 37.3 Å². The second kappa shape index (κ2) is 13.6. The van der Waals surface area contributed by atoms with Crippen LogP contribution in [0, 0.1) is 18.7 Å². The Balaban J connectivity index is 0.00000216. The molecular weight excluding hydrogens is 509 g/mol. The van der Waals surface area contributed by atoms with E-state index in [0.717, 1.165) is 16.7 Å².